The summed E-state index contributed by atoms with van der Waals surface area (Å²) in [6.45, 7) is 0. The molecule has 1 amide bonds. The number of aromatic amines is 1. The molecule has 4 aromatic rings. The van der Waals surface area contributed by atoms with E-state index in [1.165, 1.54) is 19.3 Å². The Hall–Kier alpha value is -3.48. The number of H-pyrrole nitrogens is 1. The topological polar surface area (TPSA) is 92.7 Å². The van der Waals surface area contributed by atoms with Gasteiger partial charge in [-0.05, 0) is 43.5 Å². The lowest BCUT2D eigenvalue weighted by Gasteiger charge is -2.25. The van der Waals surface area contributed by atoms with Crippen LogP contribution in [-0.4, -0.2) is 25.4 Å². The highest BCUT2D eigenvalue weighted by atomic mass is 16.1. The van der Waals surface area contributed by atoms with E-state index in [0.29, 0.717) is 48.0 Å². The van der Waals surface area contributed by atoms with Crippen LogP contribution in [0.3, 0.4) is 0 Å². The molecule has 0 bridgehead atoms. The number of benzene rings is 2. The number of hydrogen-bond acceptors (Lipinski definition) is 4. The quantitative estimate of drug-likeness (QED) is 0.463. The number of hydrogen-bond donors (Lipinski definition) is 2. The van der Waals surface area contributed by atoms with Crippen molar-refractivity contribution in [2.45, 2.75) is 57.4 Å². The molecule has 2 heterocycles. The lowest BCUT2D eigenvalue weighted by atomic mass is 9.95. The molecule has 7 nitrogen and oxygen atoms in total. The number of rotatable bonds is 6. The third-order valence-corrected chi connectivity index (χ3v) is 6.27. The first-order valence-corrected chi connectivity index (χ1v) is 11.4. The Morgan fingerprint density at radius 1 is 1.00 bits per heavy atom. The van der Waals surface area contributed by atoms with Gasteiger partial charge in [0.1, 0.15) is 5.82 Å². The molecular formula is C25H27N5O2. The van der Waals surface area contributed by atoms with E-state index in [0.717, 1.165) is 23.9 Å². The first-order chi connectivity index (χ1) is 15.7. The molecule has 1 fully saturated rings. The van der Waals surface area contributed by atoms with Crippen LogP contribution in [0.1, 0.15) is 56.8 Å². The number of para-hydroxylation sites is 3. The number of amides is 1. The normalized spacial score (nSPS) is 14.8. The molecule has 7 heteroatoms. The summed E-state index contributed by atoms with van der Waals surface area (Å²) in [6, 6.07) is 15.7. The van der Waals surface area contributed by atoms with Gasteiger partial charge in [-0.2, -0.15) is 0 Å². The van der Waals surface area contributed by atoms with Gasteiger partial charge in [0.25, 0.3) is 5.56 Å². The SMILES string of the molecule is O=C(CCCc1nc2ccccc2c(=O)[nH]1)Nc1nc2ccccc2n1C1CCCCC1. The summed E-state index contributed by atoms with van der Waals surface area (Å²) in [5, 5.41) is 3.62. The van der Waals surface area contributed by atoms with Crippen molar-refractivity contribution in [3.63, 3.8) is 0 Å². The maximum Gasteiger partial charge on any atom is 0.258 e. The van der Waals surface area contributed by atoms with E-state index in [2.05, 4.69) is 25.9 Å². The molecule has 0 atom stereocenters. The van der Waals surface area contributed by atoms with Gasteiger partial charge in [0.05, 0.1) is 21.9 Å². The first-order valence-electron chi connectivity index (χ1n) is 11.4. The van der Waals surface area contributed by atoms with E-state index in [1.54, 1.807) is 6.07 Å². The zero-order chi connectivity index (χ0) is 21.9. The Kier molecular flexibility index (Phi) is 5.71. The number of carbonyl (C=O) groups excluding carboxylic acids is 1. The monoisotopic (exact) mass is 429 g/mol. The lowest BCUT2D eigenvalue weighted by Crippen LogP contribution is -2.20. The summed E-state index contributed by atoms with van der Waals surface area (Å²) in [5.41, 5.74) is 2.52. The van der Waals surface area contributed by atoms with E-state index < -0.39 is 0 Å². The van der Waals surface area contributed by atoms with Crippen molar-refractivity contribution < 1.29 is 4.79 Å². The molecule has 2 aromatic heterocycles. The molecule has 2 aromatic carbocycles. The molecule has 1 saturated carbocycles. The van der Waals surface area contributed by atoms with Crippen LogP contribution in [0.4, 0.5) is 5.95 Å². The molecule has 164 valence electrons. The van der Waals surface area contributed by atoms with Crippen molar-refractivity contribution >= 4 is 33.8 Å². The molecule has 5 rings (SSSR count). The van der Waals surface area contributed by atoms with Gasteiger partial charge >= 0.3 is 0 Å². The Morgan fingerprint density at radius 3 is 2.59 bits per heavy atom. The Morgan fingerprint density at radius 2 is 1.75 bits per heavy atom. The summed E-state index contributed by atoms with van der Waals surface area (Å²) in [5.74, 6) is 1.18. The van der Waals surface area contributed by atoms with E-state index in [1.807, 2.05) is 36.4 Å². The minimum absolute atomic E-state index is 0.0690. The number of anilines is 1. The van der Waals surface area contributed by atoms with Gasteiger partial charge in [0, 0.05) is 18.9 Å². The van der Waals surface area contributed by atoms with Gasteiger partial charge < -0.3 is 9.55 Å². The largest absolute Gasteiger partial charge is 0.310 e. The van der Waals surface area contributed by atoms with Crippen molar-refractivity contribution in [1.82, 2.24) is 19.5 Å². The second-order valence-corrected chi connectivity index (χ2v) is 8.52. The Labute approximate surface area is 185 Å². The maximum atomic E-state index is 12.7. The molecule has 0 radical (unpaired) electrons. The molecule has 1 aliphatic carbocycles. The predicted octanol–water partition coefficient (Wildman–Crippen LogP) is 4.74. The zero-order valence-electron chi connectivity index (χ0n) is 18.0. The molecule has 1 aliphatic rings. The van der Waals surface area contributed by atoms with Crippen LogP contribution in [-0.2, 0) is 11.2 Å². The fourth-order valence-corrected chi connectivity index (χ4v) is 4.70. The van der Waals surface area contributed by atoms with Gasteiger partial charge in [-0.15, -0.1) is 0 Å². The Balaban J connectivity index is 1.28. The van der Waals surface area contributed by atoms with E-state index >= 15 is 0 Å². The van der Waals surface area contributed by atoms with E-state index in [9.17, 15) is 9.59 Å². The minimum Gasteiger partial charge on any atom is -0.310 e. The summed E-state index contributed by atoms with van der Waals surface area (Å²) in [7, 11) is 0. The van der Waals surface area contributed by atoms with Crippen LogP contribution >= 0.6 is 0 Å². The third kappa shape index (κ3) is 4.15. The highest BCUT2D eigenvalue weighted by Crippen LogP contribution is 2.34. The van der Waals surface area contributed by atoms with Gasteiger partial charge in [-0.3, -0.25) is 14.9 Å². The minimum atomic E-state index is -0.142. The smallest absolute Gasteiger partial charge is 0.258 e. The number of aromatic nitrogens is 4. The van der Waals surface area contributed by atoms with Crippen molar-refractivity contribution in [2.24, 2.45) is 0 Å². The molecule has 0 aliphatic heterocycles. The number of nitrogens with zero attached hydrogens (tertiary/aromatic N) is 3. The fraction of sp³-hybridized carbons (Fsp3) is 0.360. The van der Waals surface area contributed by atoms with Crippen LogP contribution in [0, 0.1) is 0 Å². The summed E-state index contributed by atoms with van der Waals surface area (Å²) in [4.78, 5) is 37.0. The highest BCUT2D eigenvalue weighted by Gasteiger charge is 2.22. The maximum absolute atomic E-state index is 12.7. The fourth-order valence-electron chi connectivity index (χ4n) is 4.70. The zero-order valence-corrected chi connectivity index (χ0v) is 18.0. The molecule has 0 unspecified atom stereocenters. The van der Waals surface area contributed by atoms with Gasteiger partial charge in [0.15, 0.2) is 0 Å². The standard InChI is InChI=1S/C25H27N5O2/c31-23(16-8-15-22-26-19-12-5-4-11-18(19)24(32)28-22)29-25-27-20-13-6-7-14-21(20)30(25)17-9-2-1-3-10-17/h4-7,11-14,17H,1-3,8-10,15-16H2,(H,26,28,32)(H,27,29,31). The van der Waals surface area contributed by atoms with Crippen LogP contribution in [0.5, 0.6) is 0 Å². The van der Waals surface area contributed by atoms with E-state index in [-0.39, 0.29) is 11.5 Å². The van der Waals surface area contributed by atoms with Crippen molar-refractivity contribution in [1.29, 1.82) is 0 Å². The molecular weight excluding hydrogens is 402 g/mol. The van der Waals surface area contributed by atoms with Gasteiger partial charge in [-0.25, -0.2) is 9.97 Å². The average Bonchev–Trinajstić information content (AvgIpc) is 3.17. The first kappa shape index (κ1) is 20.4. The number of carbonyl (C=O) groups is 1. The summed E-state index contributed by atoms with van der Waals surface area (Å²) >= 11 is 0. The third-order valence-electron chi connectivity index (χ3n) is 6.27. The van der Waals surface area contributed by atoms with Crippen LogP contribution in [0.2, 0.25) is 0 Å². The number of imidazole rings is 1. The lowest BCUT2D eigenvalue weighted by molar-refractivity contribution is -0.116. The highest BCUT2D eigenvalue weighted by molar-refractivity contribution is 5.91. The number of nitrogens with one attached hydrogen (secondary N) is 2. The van der Waals surface area contributed by atoms with Crippen molar-refractivity contribution in [2.75, 3.05) is 5.32 Å². The van der Waals surface area contributed by atoms with E-state index in [4.69, 9.17) is 4.98 Å². The Bertz CT molecular complexity index is 1320. The van der Waals surface area contributed by atoms with Crippen molar-refractivity contribution in [3.05, 3.63) is 64.7 Å². The summed E-state index contributed by atoms with van der Waals surface area (Å²) in [6.07, 6.45) is 7.39. The van der Waals surface area contributed by atoms with Crippen molar-refractivity contribution in [3.8, 4) is 0 Å². The van der Waals surface area contributed by atoms with Gasteiger partial charge in [0.2, 0.25) is 11.9 Å². The van der Waals surface area contributed by atoms with Crippen LogP contribution in [0.15, 0.2) is 53.3 Å². The van der Waals surface area contributed by atoms with Crippen LogP contribution in [0.25, 0.3) is 21.9 Å². The number of aryl methyl sites for hydroxylation is 1. The molecule has 2 N–H and O–H groups in total. The molecule has 32 heavy (non-hydrogen) atoms. The average molecular weight is 430 g/mol. The second kappa shape index (κ2) is 8.94. The summed E-state index contributed by atoms with van der Waals surface area (Å²) < 4.78 is 2.22. The predicted molar refractivity (Wildman–Crippen MR) is 126 cm³/mol. The second-order valence-electron chi connectivity index (χ2n) is 8.52. The number of fused-ring (bicyclic) bond motifs is 2. The molecule has 0 spiro atoms. The van der Waals surface area contributed by atoms with Gasteiger partial charge in [-0.1, -0.05) is 43.5 Å². The van der Waals surface area contributed by atoms with Crippen LogP contribution < -0.4 is 10.9 Å². The molecule has 0 saturated heterocycles.